The zero-order chi connectivity index (χ0) is 23.0. The smallest absolute Gasteiger partial charge is 0.335 e. The summed E-state index contributed by atoms with van der Waals surface area (Å²) in [5.74, 6) is -1.79. The van der Waals surface area contributed by atoms with Crippen LogP contribution in [0.4, 0.5) is 10.1 Å². The third-order valence-corrected chi connectivity index (χ3v) is 7.02. The standard InChI is InChI=1S/C24H17ClFNO4S/c1-14-21(25)12-17(26)13-23(14)32(30,31)27-22-10-9-18(19-7-2-3-8-20(19)22)15-5-4-6-16(11-15)24(28)29/h2-13,27H,1H3,(H,28,29). The first-order chi connectivity index (χ1) is 15.2. The van der Waals surface area contributed by atoms with Crippen LogP contribution in [-0.4, -0.2) is 19.5 Å². The molecule has 4 aromatic carbocycles. The SMILES string of the molecule is Cc1c(Cl)cc(F)cc1S(=O)(=O)Nc1ccc(-c2cccc(C(=O)O)c2)c2ccccc12. The number of carboxylic acids is 1. The number of nitrogens with one attached hydrogen (secondary N) is 1. The van der Waals surface area contributed by atoms with Crippen LogP contribution in [0.2, 0.25) is 5.02 Å². The van der Waals surface area contributed by atoms with Gasteiger partial charge in [0.15, 0.2) is 0 Å². The average molecular weight is 470 g/mol. The molecule has 0 aromatic heterocycles. The molecule has 0 saturated carbocycles. The van der Waals surface area contributed by atoms with Crippen molar-refractivity contribution in [3.63, 3.8) is 0 Å². The number of benzene rings is 4. The Labute approximate surface area is 189 Å². The maximum Gasteiger partial charge on any atom is 0.335 e. The minimum Gasteiger partial charge on any atom is -0.478 e. The van der Waals surface area contributed by atoms with Gasteiger partial charge in [-0.25, -0.2) is 17.6 Å². The van der Waals surface area contributed by atoms with E-state index >= 15 is 0 Å². The summed E-state index contributed by atoms with van der Waals surface area (Å²) in [4.78, 5) is 11.1. The lowest BCUT2D eigenvalue weighted by atomic mass is 9.96. The molecule has 0 aliphatic rings. The van der Waals surface area contributed by atoms with Crippen LogP contribution in [0, 0.1) is 12.7 Å². The fourth-order valence-electron chi connectivity index (χ4n) is 3.56. The van der Waals surface area contributed by atoms with Gasteiger partial charge in [-0.15, -0.1) is 0 Å². The highest BCUT2D eigenvalue weighted by Gasteiger charge is 2.21. The predicted octanol–water partition coefficient (Wildman–Crippen LogP) is 6.11. The monoisotopic (exact) mass is 469 g/mol. The van der Waals surface area contributed by atoms with Crippen molar-refractivity contribution in [1.82, 2.24) is 0 Å². The highest BCUT2D eigenvalue weighted by molar-refractivity contribution is 7.92. The van der Waals surface area contributed by atoms with Gasteiger partial charge in [-0.2, -0.15) is 0 Å². The third kappa shape index (κ3) is 4.04. The fourth-order valence-corrected chi connectivity index (χ4v) is 5.18. The zero-order valence-corrected chi connectivity index (χ0v) is 18.3. The number of hydrogen-bond donors (Lipinski definition) is 2. The fraction of sp³-hybridized carbons (Fsp3) is 0.0417. The van der Waals surface area contributed by atoms with Crippen LogP contribution < -0.4 is 4.72 Å². The zero-order valence-electron chi connectivity index (χ0n) is 16.8. The quantitative estimate of drug-likeness (QED) is 0.369. The molecular formula is C24H17ClFNO4S. The van der Waals surface area contributed by atoms with Gasteiger partial charge in [-0.3, -0.25) is 4.72 Å². The Morgan fingerprint density at radius 1 is 0.969 bits per heavy atom. The molecule has 0 atom stereocenters. The summed E-state index contributed by atoms with van der Waals surface area (Å²) >= 11 is 5.97. The Balaban J connectivity index is 1.84. The van der Waals surface area contributed by atoms with Gasteiger partial charge in [0.25, 0.3) is 10.0 Å². The molecule has 0 amide bonds. The van der Waals surface area contributed by atoms with Crippen molar-refractivity contribution in [2.24, 2.45) is 0 Å². The van der Waals surface area contributed by atoms with E-state index in [0.29, 0.717) is 16.6 Å². The first-order valence-electron chi connectivity index (χ1n) is 9.51. The largest absolute Gasteiger partial charge is 0.478 e. The molecule has 0 aliphatic carbocycles. The highest BCUT2D eigenvalue weighted by Crippen LogP contribution is 2.35. The molecule has 4 rings (SSSR count). The Morgan fingerprint density at radius 3 is 2.41 bits per heavy atom. The third-order valence-electron chi connectivity index (χ3n) is 5.14. The van der Waals surface area contributed by atoms with Gasteiger partial charge in [-0.1, -0.05) is 54.1 Å². The van der Waals surface area contributed by atoms with Crippen molar-refractivity contribution < 1.29 is 22.7 Å². The minimum absolute atomic E-state index is 0.0175. The van der Waals surface area contributed by atoms with Gasteiger partial charge in [0, 0.05) is 10.4 Å². The van der Waals surface area contributed by atoms with Crippen LogP contribution in [0.5, 0.6) is 0 Å². The number of fused-ring (bicyclic) bond motifs is 1. The molecule has 0 saturated heterocycles. The second kappa shape index (κ2) is 8.26. The van der Waals surface area contributed by atoms with E-state index < -0.39 is 21.8 Å². The van der Waals surface area contributed by atoms with E-state index in [9.17, 15) is 22.7 Å². The molecule has 0 fully saturated rings. The Bertz CT molecular complexity index is 1490. The molecule has 0 spiro atoms. The molecule has 2 N–H and O–H groups in total. The minimum atomic E-state index is -4.13. The molecular weight excluding hydrogens is 453 g/mol. The first-order valence-corrected chi connectivity index (χ1v) is 11.4. The van der Waals surface area contributed by atoms with E-state index in [4.69, 9.17) is 11.6 Å². The summed E-state index contributed by atoms with van der Waals surface area (Å²) in [6.07, 6.45) is 0. The van der Waals surface area contributed by atoms with Crippen LogP contribution in [0.25, 0.3) is 21.9 Å². The predicted molar refractivity (Wildman–Crippen MR) is 123 cm³/mol. The average Bonchev–Trinajstić information content (AvgIpc) is 2.76. The number of hydrogen-bond acceptors (Lipinski definition) is 3. The lowest BCUT2D eigenvalue weighted by molar-refractivity contribution is 0.0697. The molecule has 0 heterocycles. The summed E-state index contributed by atoms with van der Waals surface area (Å²) in [5.41, 5.74) is 2.13. The lowest BCUT2D eigenvalue weighted by Crippen LogP contribution is -2.15. The molecule has 162 valence electrons. The van der Waals surface area contributed by atoms with Gasteiger partial charge < -0.3 is 5.11 Å². The van der Waals surface area contributed by atoms with Crippen LogP contribution in [0.1, 0.15) is 15.9 Å². The lowest BCUT2D eigenvalue weighted by Gasteiger charge is -2.15. The van der Waals surface area contributed by atoms with E-state index in [1.54, 1.807) is 42.5 Å². The van der Waals surface area contributed by atoms with E-state index in [-0.39, 0.29) is 21.0 Å². The maximum absolute atomic E-state index is 13.8. The summed E-state index contributed by atoms with van der Waals surface area (Å²) in [7, 11) is -4.13. The van der Waals surface area contributed by atoms with Crippen LogP contribution in [0.3, 0.4) is 0 Å². The molecule has 8 heteroatoms. The Morgan fingerprint density at radius 2 is 1.69 bits per heavy atom. The van der Waals surface area contributed by atoms with E-state index in [1.165, 1.54) is 13.0 Å². The molecule has 0 radical (unpaired) electrons. The summed E-state index contributed by atoms with van der Waals surface area (Å²) < 4.78 is 42.5. The van der Waals surface area contributed by atoms with Crippen LogP contribution in [-0.2, 0) is 10.0 Å². The first kappa shape index (κ1) is 21.8. The molecule has 32 heavy (non-hydrogen) atoms. The van der Waals surface area contributed by atoms with Crippen molar-refractivity contribution in [3.05, 3.63) is 94.8 Å². The van der Waals surface area contributed by atoms with Crippen molar-refractivity contribution >= 4 is 44.1 Å². The van der Waals surface area contributed by atoms with Crippen molar-refractivity contribution in [2.45, 2.75) is 11.8 Å². The van der Waals surface area contributed by atoms with Gasteiger partial charge in [0.1, 0.15) is 5.82 Å². The van der Waals surface area contributed by atoms with Crippen LogP contribution >= 0.6 is 11.6 Å². The van der Waals surface area contributed by atoms with E-state index in [2.05, 4.69) is 4.72 Å². The summed E-state index contributed by atoms with van der Waals surface area (Å²) in [6, 6.07) is 19.0. The Kier molecular flexibility index (Phi) is 5.62. The molecule has 0 bridgehead atoms. The van der Waals surface area contributed by atoms with Crippen molar-refractivity contribution in [3.8, 4) is 11.1 Å². The topological polar surface area (TPSA) is 83.5 Å². The number of halogens is 2. The normalized spacial score (nSPS) is 11.5. The molecule has 5 nitrogen and oxygen atoms in total. The maximum atomic E-state index is 13.8. The molecule has 0 unspecified atom stereocenters. The highest BCUT2D eigenvalue weighted by atomic mass is 35.5. The second-order valence-corrected chi connectivity index (χ2v) is 9.27. The molecule has 0 aliphatic heterocycles. The van der Waals surface area contributed by atoms with Gasteiger partial charge >= 0.3 is 5.97 Å². The van der Waals surface area contributed by atoms with Gasteiger partial charge in [-0.05, 0) is 59.3 Å². The van der Waals surface area contributed by atoms with Crippen molar-refractivity contribution in [1.29, 1.82) is 0 Å². The Hall–Kier alpha value is -3.42. The number of carboxylic acid groups (broad SMARTS) is 1. The van der Waals surface area contributed by atoms with Crippen LogP contribution in [0.15, 0.2) is 77.7 Å². The summed E-state index contributed by atoms with van der Waals surface area (Å²) in [5, 5.41) is 10.6. The van der Waals surface area contributed by atoms with Gasteiger partial charge in [0.05, 0.1) is 16.1 Å². The summed E-state index contributed by atoms with van der Waals surface area (Å²) in [6.45, 7) is 1.51. The van der Waals surface area contributed by atoms with Gasteiger partial charge in [0.2, 0.25) is 0 Å². The molecule has 4 aromatic rings. The second-order valence-electron chi connectivity index (χ2n) is 7.21. The number of rotatable bonds is 5. The number of anilines is 1. The number of carbonyl (C=O) groups is 1. The number of sulfonamides is 1. The number of aromatic carboxylic acids is 1. The van der Waals surface area contributed by atoms with E-state index in [0.717, 1.165) is 23.1 Å². The van der Waals surface area contributed by atoms with E-state index in [1.807, 2.05) is 12.1 Å². The van der Waals surface area contributed by atoms with Crippen molar-refractivity contribution in [2.75, 3.05) is 4.72 Å².